The molecule has 2 aliphatic rings. The van der Waals surface area contributed by atoms with Gasteiger partial charge in [0, 0.05) is 64.0 Å². The third kappa shape index (κ3) is 3.89. The van der Waals surface area contributed by atoms with Crippen LogP contribution in [-0.4, -0.2) is 70.1 Å². The van der Waals surface area contributed by atoms with Crippen molar-refractivity contribution in [3.8, 4) is 0 Å². The molecule has 3 heterocycles. The Morgan fingerprint density at radius 1 is 1.13 bits per heavy atom. The molecular weight excluding hydrogens is 384 g/mol. The molecule has 2 aromatic rings. The van der Waals surface area contributed by atoms with E-state index in [4.69, 9.17) is 0 Å². The molecule has 30 heavy (non-hydrogen) atoms. The van der Waals surface area contributed by atoms with Gasteiger partial charge in [0.1, 0.15) is 0 Å². The normalized spacial score (nSPS) is 18.4. The number of aromatic nitrogens is 2. The summed E-state index contributed by atoms with van der Waals surface area (Å²) in [4.78, 5) is 41.6. The minimum Gasteiger partial charge on any atom is -0.340 e. The summed E-state index contributed by atoms with van der Waals surface area (Å²) in [6, 6.07) is 5.73. The molecule has 4 amide bonds. The lowest BCUT2D eigenvalue weighted by atomic mass is 10.1. The fraction of sp³-hybridized carbons (Fsp3) is 0.524. The van der Waals surface area contributed by atoms with Crippen LogP contribution in [0.2, 0.25) is 0 Å². The highest BCUT2D eigenvalue weighted by atomic mass is 16.2. The van der Waals surface area contributed by atoms with Crippen LogP contribution in [0.3, 0.4) is 0 Å². The maximum atomic E-state index is 12.2. The van der Waals surface area contributed by atoms with E-state index in [1.54, 1.807) is 4.68 Å². The van der Waals surface area contributed by atoms with E-state index in [2.05, 4.69) is 27.4 Å². The third-order valence-corrected chi connectivity index (χ3v) is 5.79. The number of rotatable bonds is 4. The van der Waals surface area contributed by atoms with Gasteiger partial charge in [0.25, 0.3) is 0 Å². The Morgan fingerprint density at radius 3 is 2.53 bits per heavy atom. The molecule has 9 heteroatoms. The maximum Gasteiger partial charge on any atom is 0.329 e. The number of piperazine rings is 1. The van der Waals surface area contributed by atoms with Gasteiger partial charge in [0.15, 0.2) is 5.82 Å². The van der Waals surface area contributed by atoms with Gasteiger partial charge in [-0.1, -0.05) is 19.9 Å². The number of carbonyl (C=O) groups is 3. The first-order chi connectivity index (χ1) is 14.3. The van der Waals surface area contributed by atoms with Crippen LogP contribution in [0.15, 0.2) is 18.2 Å². The summed E-state index contributed by atoms with van der Waals surface area (Å²) in [5.41, 5.74) is 2.11. The van der Waals surface area contributed by atoms with Crippen LogP contribution in [-0.2, 0) is 23.2 Å². The molecule has 2 saturated heterocycles. The summed E-state index contributed by atoms with van der Waals surface area (Å²) in [6.07, 6.45) is 0.271. The minimum atomic E-state index is -0.427. The Labute approximate surface area is 175 Å². The highest BCUT2D eigenvalue weighted by molar-refractivity contribution is 6.08. The van der Waals surface area contributed by atoms with Gasteiger partial charge in [0.05, 0.1) is 5.52 Å². The van der Waals surface area contributed by atoms with Gasteiger partial charge in [-0.3, -0.25) is 29.4 Å². The van der Waals surface area contributed by atoms with E-state index in [1.807, 2.05) is 31.9 Å². The molecule has 0 atom stereocenters. The van der Waals surface area contributed by atoms with Crippen LogP contribution in [0.25, 0.3) is 10.9 Å². The van der Waals surface area contributed by atoms with Crippen LogP contribution in [0, 0.1) is 5.92 Å². The van der Waals surface area contributed by atoms with Gasteiger partial charge in [-0.25, -0.2) is 4.79 Å². The summed E-state index contributed by atoms with van der Waals surface area (Å²) in [6.45, 7) is 8.26. The van der Waals surface area contributed by atoms with Crippen molar-refractivity contribution < 1.29 is 14.4 Å². The van der Waals surface area contributed by atoms with Crippen molar-refractivity contribution in [2.45, 2.75) is 26.8 Å². The number of hydrogen-bond donors (Lipinski definition) is 1. The van der Waals surface area contributed by atoms with Crippen LogP contribution in [0.1, 0.15) is 25.8 Å². The Kier molecular flexibility index (Phi) is 5.46. The van der Waals surface area contributed by atoms with E-state index >= 15 is 0 Å². The topological polar surface area (TPSA) is 90.8 Å². The van der Waals surface area contributed by atoms with Gasteiger partial charge in [-0.05, 0) is 17.7 Å². The van der Waals surface area contributed by atoms with E-state index in [0.717, 1.165) is 43.6 Å². The molecule has 0 bridgehead atoms. The summed E-state index contributed by atoms with van der Waals surface area (Å²) in [7, 11) is 1.86. The second kappa shape index (κ2) is 8.06. The zero-order chi connectivity index (χ0) is 21.4. The average molecular weight is 412 g/mol. The standard InChI is InChI=1S/C21H28N6O3/c1-14(2)20(29)26-10-8-25(9-11-26)13-15-4-5-16-17(12-15)24(3)23-19(16)27-7-6-18(28)22-21(27)30/h4-5,12,14H,6-11,13H2,1-3H3,(H,22,28,30). The van der Waals surface area contributed by atoms with E-state index in [9.17, 15) is 14.4 Å². The molecule has 1 N–H and O–H groups in total. The second-order valence-corrected chi connectivity index (χ2v) is 8.31. The molecule has 1 aromatic heterocycles. The quantitative estimate of drug-likeness (QED) is 0.818. The van der Waals surface area contributed by atoms with Crippen molar-refractivity contribution in [2.75, 3.05) is 37.6 Å². The predicted molar refractivity (Wildman–Crippen MR) is 113 cm³/mol. The largest absolute Gasteiger partial charge is 0.340 e. The Morgan fingerprint density at radius 2 is 1.87 bits per heavy atom. The van der Waals surface area contributed by atoms with E-state index < -0.39 is 6.03 Å². The van der Waals surface area contributed by atoms with Crippen molar-refractivity contribution >= 4 is 34.6 Å². The summed E-state index contributed by atoms with van der Waals surface area (Å²) < 4.78 is 1.77. The number of aryl methyl sites for hydroxylation is 1. The predicted octanol–water partition coefficient (Wildman–Crippen LogP) is 1.32. The van der Waals surface area contributed by atoms with Crippen molar-refractivity contribution in [1.29, 1.82) is 0 Å². The fourth-order valence-electron chi connectivity index (χ4n) is 4.10. The number of benzene rings is 1. The van der Waals surface area contributed by atoms with Crippen molar-refractivity contribution in [1.82, 2.24) is 24.9 Å². The number of nitrogens with zero attached hydrogens (tertiary/aromatic N) is 5. The minimum absolute atomic E-state index is 0.0399. The van der Waals surface area contributed by atoms with Crippen molar-refractivity contribution in [3.05, 3.63) is 23.8 Å². The third-order valence-electron chi connectivity index (χ3n) is 5.79. The number of anilines is 1. The van der Waals surface area contributed by atoms with Gasteiger partial charge in [0.2, 0.25) is 11.8 Å². The van der Waals surface area contributed by atoms with E-state index in [1.165, 1.54) is 10.5 Å². The van der Waals surface area contributed by atoms with Gasteiger partial charge < -0.3 is 4.90 Å². The lowest BCUT2D eigenvalue weighted by Gasteiger charge is -2.35. The van der Waals surface area contributed by atoms with Crippen LogP contribution >= 0.6 is 0 Å². The second-order valence-electron chi connectivity index (χ2n) is 8.31. The summed E-state index contributed by atoms with van der Waals surface area (Å²) in [5, 5.41) is 7.77. The molecule has 4 rings (SSSR count). The molecule has 2 fully saturated rings. The van der Waals surface area contributed by atoms with Crippen molar-refractivity contribution in [2.24, 2.45) is 13.0 Å². The first kappa shape index (κ1) is 20.3. The lowest BCUT2D eigenvalue weighted by Crippen LogP contribution is -2.49. The van der Waals surface area contributed by atoms with E-state index in [-0.39, 0.29) is 24.2 Å². The number of amides is 4. The number of imide groups is 1. The van der Waals surface area contributed by atoms with Crippen molar-refractivity contribution in [3.63, 3.8) is 0 Å². The van der Waals surface area contributed by atoms with Gasteiger partial charge in [-0.15, -0.1) is 0 Å². The smallest absolute Gasteiger partial charge is 0.329 e. The molecule has 1 aromatic carbocycles. The summed E-state index contributed by atoms with van der Waals surface area (Å²) in [5.74, 6) is 0.582. The number of nitrogens with one attached hydrogen (secondary N) is 1. The number of carbonyl (C=O) groups excluding carboxylic acids is 3. The zero-order valence-corrected chi connectivity index (χ0v) is 17.7. The number of fused-ring (bicyclic) bond motifs is 1. The molecule has 0 aliphatic carbocycles. The SMILES string of the molecule is CC(C)C(=O)N1CCN(Cc2ccc3c(N4CCC(=O)NC4=O)nn(C)c3c2)CC1. The molecule has 0 spiro atoms. The zero-order valence-electron chi connectivity index (χ0n) is 17.7. The van der Waals surface area contributed by atoms with Crippen LogP contribution in [0.4, 0.5) is 10.6 Å². The highest BCUT2D eigenvalue weighted by Crippen LogP contribution is 2.28. The number of urea groups is 1. The Bertz CT molecular complexity index is 990. The first-order valence-electron chi connectivity index (χ1n) is 10.4. The number of hydrogen-bond acceptors (Lipinski definition) is 5. The van der Waals surface area contributed by atoms with E-state index in [0.29, 0.717) is 12.4 Å². The lowest BCUT2D eigenvalue weighted by molar-refractivity contribution is -0.136. The van der Waals surface area contributed by atoms with Gasteiger partial charge >= 0.3 is 6.03 Å². The Hall–Kier alpha value is -2.94. The Balaban J connectivity index is 1.47. The molecule has 0 unspecified atom stereocenters. The van der Waals surface area contributed by atoms with Crippen LogP contribution in [0.5, 0.6) is 0 Å². The summed E-state index contributed by atoms with van der Waals surface area (Å²) >= 11 is 0. The first-order valence-corrected chi connectivity index (χ1v) is 10.4. The molecule has 0 radical (unpaired) electrons. The molecule has 0 saturated carbocycles. The monoisotopic (exact) mass is 412 g/mol. The molecular formula is C21H28N6O3. The molecule has 9 nitrogen and oxygen atoms in total. The fourth-order valence-corrected chi connectivity index (χ4v) is 4.10. The molecule has 2 aliphatic heterocycles. The van der Waals surface area contributed by atoms with Crippen LogP contribution < -0.4 is 10.2 Å². The average Bonchev–Trinajstić information content (AvgIpc) is 3.04. The maximum absolute atomic E-state index is 12.2. The highest BCUT2D eigenvalue weighted by Gasteiger charge is 2.28. The molecule has 160 valence electrons. The van der Waals surface area contributed by atoms with Gasteiger partial charge in [-0.2, -0.15) is 5.10 Å².